The molecule has 0 amide bonds. The van der Waals surface area contributed by atoms with Crippen LogP contribution in [0, 0.1) is 0 Å². The number of hydrogen-bond donors (Lipinski definition) is 1. The summed E-state index contributed by atoms with van der Waals surface area (Å²) in [6.45, 7) is 0. The zero-order valence-corrected chi connectivity index (χ0v) is 14.0. The van der Waals surface area contributed by atoms with Gasteiger partial charge in [-0.05, 0) is 64.6 Å². The smallest absolute Gasteiger partial charge is 0.138 e. The van der Waals surface area contributed by atoms with E-state index < -0.39 is 6.37 Å². The highest BCUT2D eigenvalue weighted by molar-refractivity contribution is 7.19. The molecule has 0 aromatic carbocycles. The van der Waals surface area contributed by atoms with Crippen molar-refractivity contribution < 1.29 is 2.74 Å². The molecule has 0 bridgehead atoms. The van der Waals surface area contributed by atoms with Crippen LogP contribution in [0.1, 0.15) is 45.2 Å². The van der Waals surface area contributed by atoms with Crippen LogP contribution in [0.3, 0.4) is 0 Å². The first kappa shape index (κ1) is 12.3. The van der Waals surface area contributed by atoms with E-state index in [1.807, 2.05) is 0 Å². The average molecular weight is 318 g/mol. The predicted molar refractivity (Wildman–Crippen MR) is 92.8 cm³/mol. The minimum Gasteiger partial charge on any atom is -0.367 e. The van der Waals surface area contributed by atoms with Crippen molar-refractivity contribution in [2.24, 2.45) is 0 Å². The Bertz CT molecular complexity index is 750. The van der Waals surface area contributed by atoms with Crippen molar-refractivity contribution in [3.63, 3.8) is 0 Å². The van der Waals surface area contributed by atoms with E-state index in [2.05, 4.69) is 34.3 Å². The maximum Gasteiger partial charge on any atom is 0.138 e. The van der Waals surface area contributed by atoms with E-state index in [4.69, 9.17) is 2.74 Å². The number of thiophene rings is 1. The molecule has 2 aromatic heterocycles. The fourth-order valence-corrected chi connectivity index (χ4v) is 4.83. The summed E-state index contributed by atoms with van der Waals surface area (Å²) in [7, 11) is 4.32. The van der Waals surface area contributed by atoms with E-state index in [0.29, 0.717) is 24.9 Å². The SMILES string of the molecule is [2H]C1([2H])Cc2sc3ncnc(NC4CCC(N(C)C)CC4)c3c2C1. The summed E-state index contributed by atoms with van der Waals surface area (Å²) in [4.78, 5) is 13.4. The zero-order valence-electron chi connectivity index (χ0n) is 15.2. The molecule has 118 valence electrons. The van der Waals surface area contributed by atoms with Gasteiger partial charge in [0.15, 0.2) is 0 Å². The van der Waals surface area contributed by atoms with Crippen LogP contribution in [0.5, 0.6) is 0 Å². The quantitative estimate of drug-likeness (QED) is 0.941. The molecule has 22 heavy (non-hydrogen) atoms. The van der Waals surface area contributed by atoms with Crippen LogP contribution in [0.15, 0.2) is 6.33 Å². The molecular weight excluding hydrogens is 292 g/mol. The molecule has 2 aliphatic carbocycles. The first-order valence-corrected chi connectivity index (χ1v) is 8.93. The highest BCUT2D eigenvalue weighted by Gasteiger charge is 2.25. The van der Waals surface area contributed by atoms with Crippen molar-refractivity contribution in [3.8, 4) is 0 Å². The lowest BCUT2D eigenvalue weighted by atomic mass is 9.90. The molecule has 0 radical (unpaired) electrons. The highest BCUT2D eigenvalue weighted by atomic mass is 32.1. The average Bonchev–Trinajstić information content (AvgIpc) is 2.99. The summed E-state index contributed by atoms with van der Waals surface area (Å²) < 4.78 is 16.1. The van der Waals surface area contributed by atoms with Gasteiger partial charge in [-0.25, -0.2) is 9.97 Å². The largest absolute Gasteiger partial charge is 0.367 e. The molecule has 2 aromatic rings. The number of rotatable bonds is 3. The van der Waals surface area contributed by atoms with Crippen LogP contribution in [0.4, 0.5) is 5.82 Å². The number of aromatic nitrogens is 2. The Morgan fingerprint density at radius 2 is 2.05 bits per heavy atom. The van der Waals surface area contributed by atoms with Gasteiger partial charge >= 0.3 is 0 Å². The van der Waals surface area contributed by atoms with Gasteiger partial charge in [-0.1, -0.05) is 0 Å². The van der Waals surface area contributed by atoms with Crippen molar-refractivity contribution in [2.45, 2.75) is 57.0 Å². The fourth-order valence-electron chi connectivity index (χ4n) is 3.71. The Hall–Kier alpha value is -1.20. The van der Waals surface area contributed by atoms with Gasteiger partial charge < -0.3 is 10.2 Å². The van der Waals surface area contributed by atoms with Gasteiger partial charge in [0.1, 0.15) is 17.0 Å². The topological polar surface area (TPSA) is 41.1 Å². The third-order valence-electron chi connectivity index (χ3n) is 5.03. The van der Waals surface area contributed by atoms with Crippen LogP contribution in [-0.4, -0.2) is 41.0 Å². The molecule has 1 N–H and O–H groups in total. The van der Waals surface area contributed by atoms with Gasteiger partial charge in [0.2, 0.25) is 0 Å². The number of aryl methyl sites for hydroxylation is 2. The second kappa shape index (κ2) is 5.78. The van der Waals surface area contributed by atoms with Crippen LogP contribution in [-0.2, 0) is 12.8 Å². The van der Waals surface area contributed by atoms with Crippen LogP contribution in [0.2, 0.25) is 0 Å². The summed E-state index contributed by atoms with van der Waals surface area (Å²) in [6.07, 6.45) is 6.24. The number of fused-ring (bicyclic) bond motifs is 3. The fraction of sp³-hybridized carbons (Fsp3) is 0.647. The first-order chi connectivity index (χ1) is 11.4. The molecule has 2 heterocycles. The zero-order chi connectivity index (χ0) is 16.9. The van der Waals surface area contributed by atoms with E-state index in [-0.39, 0.29) is 0 Å². The van der Waals surface area contributed by atoms with Crippen LogP contribution >= 0.6 is 11.3 Å². The molecule has 2 aliphatic rings. The van der Waals surface area contributed by atoms with Crippen molar-refractivity contribution in [2.75, 3.05) is 19.4 Å². The Labute approximate surface area is 138 Å². The summed E-state index contributed by atoms with van der Waals surface area (Å²) in [5.41, 5.74) is 1.13. The van der Waals surface area contributed by atoms with Crippen molar-refractivity contribution in [1.82, 2.24) is 14.9 Å². The Kier molecular flexibility index (Phi) is 3.22. The summed E-state index contributed by atoms with van der Waals surface area (Å²) in [6, 6.07) is 1.14. The molecular formula is C17H24N4S. The standard InChI is InChI=1S/C17H24N4S/c1-21(2)12-8-6-11(7-9-12)20-16-15-13-4-3-5-14(13)22-17(15)19-10-18-16/h10-12H,3-9H2,1-2H3,(H,18,19,20)/i3D2. The van der Waals surface area contributed by atoms with Gasteiger partial charge in [0.05, 0.1) is 5.39 Å². The van der Waals surface area contributed by atoms with Crippen LogP contribution in [0.25, 0.3) is 10.2 Å². The molecule has 1 saturated carbocycles. The second-order valence-electron chi connectivity index (χ2n) is 6.62. The van der Waals surface area contributed by atoms with E-state index in [1.54, 1.807) is 17.7 Å². The summed E-state index contributed by atoms with van der Waals surface area (Å²) in [5.74, 6) is 0.906. The molecule has 4 nitrogen and oxygen atoms in total. The van der Waals surface area contributed by atoms with Crippen LogP contribution < -0.4 is 5.32 Å². The monoisotopic (exact) mass is 318 g/mol. The van der Waals surface area contributed by atoms with E-state index >= 15 is 0 Å². The molecule has 1 fully saturated rings. The predicted octanol–water partition coefficient (Wildman–Crippen LogP) is 3.46. The highest BCUT2D eigenvalue weighted by Crippen LogP contribution is 2.39. The number of nitrogens with one attached hydrogen (secondary N) is 1. The second-order valence-corrected chi connectivity index (χ2v) is 7.71. The summed E-state index contributed by atoms with van der Waals surface area (Å²) >= 11 is 1.63. The molecule has 0 aliphatic heterocycles. The lowest BCUT2D eigenvalue weighted by Gasteiger charge is -2.33. The van der Waals surface area contributed by atoms with Gasteiger partial charge in [-0.15, -0.1) is 11.3 Å². The Morgan fingerprint density at radius 1 is 1.23 bits per heavy atom. The van der Waals surface area contributed by atoms with Crippen molar-refractivity contribution in [3.05, 3.63) is 16.8 Å². The minimum atomic E-state index is -1.12. The van der Waals surface area contributed by atoms with E-state index in [9.17, 15) is 0 Å². The van der Waals surface area contributed by atoms with Gasteiger partial charge in [0, 0.05) is 19.7 Å². The lowest BCUT2D eigenvalue weighted by Crippen LogP contribution is -2.36. The molecule has 0 spiro atoms. The maximum atomic E-state index is 8.06. The van der Waals surface area contributed by atoms with Gasteiger partial charge in [-0.2, -0.15) is 0 Å². The van der Waals surface area contributed by atoms with E-state index in [1.165, 1.54) is 12.8 Å². The third-order valence-corrected chi connectivity index (χ3v) is 6.17. The molecule has 4 rings (SSSR count). The maximum absolute atomic E-state index is 8.06. The minimum absolute atomic E-state index is 0.452. The number of nitrogens with zero attached hydrogens (tertiary/aromatic N) is 3. The van der Waals surface area contributed by atoms with Crippen molar-refractivity contribution in [1.29, 1.82) is 0 Å². The number of anilines is 1. The third kappa shape index (κ3) is 2.50. The Balaban J connectivity index is 1.57. The van der Waals surface area contributed by atoms with Crippen molar-refractivity contribution >= 4 is 27.4 Å². The first-order valence-electron chi connectivity index (χ1n) is 9.11. The molecule has 0 atom stereocenters. The van der Waals surface area contributed by atoms with E-state index in [0.717, 1.165) is 39.3 Å². The Morgan fingerprint density at radius 3 is 2.82 bits per heavy atom. The normalized spacial score (nSPS) is 28.5. The molecule has 5 heteroatoms. The number of hydrogen-bond acceptors (Lipinski definition) is 5. The van der Waals surface area contributed by atoms with Gasteiger partial charge in [-0.3, -0.25) is 0 Å². The summed E-state index contributed by atoms with van der Waals surface area (Å²) in [5, 5.41) is 4.70. The lowest BCUT2D eigenvalue weighted by molar-refractivity contribution is 0.221. The molecule has 0 unspecified atom stereocenters. The van der Waals surface area contributed by atoms with Gasteiger partial charge in [0.25, 0.3) is 0 Å². The molecule has 0 saturated heterocycles.